The van der Waals surface area contributed by atoms with Gasteiger partial charge in [-0.2, -0.15) is 0 Å². The second-order valence-electron chi connectivity index (χ2n) is 16.3. The first-order chi connectivity index (χ1) is 29.1. The molecule has 0 amide bonds. The molecule has 1 unspecified atom stereocenters. The Morgan fingerprint density at radius 3 is 2.03 bits per heavy atom. The summed E-state index contributed by atoms with van der Waals surface area (Å²) >= 11 is 0. The Hall–Kier alpha value is -6.02. The number of nitrogens with zero attached hydrogens (tertiary/aromatic N) is 2. The zero-order chi connectivity index (χ0) is 45.5. The number of aromatic nitrogens is 2. The fourth-order valence-electron chi connectivity index (χ4n) is 9.65. The van der Waals surface area contributed by atoms with Gasteiger partial charge in [-0.15, -0.1) is 0 Å². The van der Waals surface area contributed by atoms with Gasteiger partial charge in [0.25, 0.3) is 0 Å². The van der Waals surface area contributed by atoms with Crippen LogP contribution in [0.3, 0.4) is 0 Å². The van der Waals surface area contributed by atoms with Crippen molar-refractivity contribution in [3.63, 3.8) is 0 Å². The molecule has 62 heavy (non-hydrogen) atoms. The van der Waals surface area contributed by atoms with Gasteiger partial charge < -0.3 is 47.7 Å². The van der Waals surface area contributed by atoms with E-state index >= 15 is 0 Å². The van der Waals surface area contributed by atoms with Crippen molar-refractivity contribution in [3.05, 3.63) is 59.7 Å². The van der Waals surface area contributed by atoms with Crippen molar-refractivity contribution in [3.8, 4) is 0 Å². The molecule has 4 aliphatic rings. The molecule has 1 spiro atoms. The number of hydrogen-bond donors (Lipinski definition) is 1. The lowest BCUT2D eigenvalue weighted by Crippen LogP contribution is -2.89. The first-order valence-corrected chi connectivity index (χ1v) is 19.8. The number of carbonyl (C=O) groups is 8. The average Bonchev–Trinajstić information content (AvgIpc) is 3.41. The number of hydrogen-bond acceptors (Lipinski definition) is 20. The second-order valence-corrected chi connectivity index (χ2v) is 16.3. The summed E-state index contributed by atoms with van der Waals surface area (Å²) in [6.07, 6.45) is -8.27. The van der Waals surface area contributed by atoms with E-state index in [0.29, 0.717) is 0 Å². The smallest absolute Gasteiger partial charge is 0.340 e. The van der Waals surface area contributed by atoms with Gasteiger partial charge in [0.05, 0.1) is 28.7 Å². The molecule has 4 heterocycles. The highest BCUT2D eigenvalue weighted by atomic mass is 16.7. The van der Waals surface area contributed by atoms with Crippen LogP contribution in [0.1, 0.15) is 88.2 Å². The van der Waals surface area contributed by atoms with Crippen LogP contribution >= 0.6 is 0 Å². The van der Waals surface area contributed by atoms with Crippen LogP contribution in [0, 0.1) is 17.3 Å². The summed E-state index contributed by atoms with van der Waals surface area (Å²) in [5.41, 5.74) is -10.3. The van der Waals surface area contributed by atoms with Gasteiger partial charge in [0, 0.05) is 53.2 Å². The number of fused-ring (bicyclic) bond motifs is 5. The maximum atomic E-state index is 14.4. The van der Waals surface area contributed by atoms with Gasteiger partial charge in [0.1, 0.15) is 42.0 Å². The van der Waals surface area contributed by atoms with Crippen LogP contribution in [-0.4, -0.2) is 129 Å². The Morgan fingerprint density at radius 1 is 0.806 bits per heavy atom. The standard InChI is InChI=1S/C42H48N2O18/c1-20-13-14-28-27(12-10-16-44-28)38(52)55-18-39(7)29-30(56-22(3)46)34(59-25(6)49)41(19-54-21(2)45)35(61-37(51)26-11-9-15-43-17-26)31(57-23(4)47)33(60-36(20)50)40(8,53)42(41,62-39)32(29)58-24(5)48/h9-12,15-17,20,29-35,53H,13-14,18-19H2,1-8H3/t20?,29-,30-,31+,32-,33+,34-,35+,39+,40+,41-,42+/m1/s1. The van der Waals surface area contributed by atoms with Gasteiger partial charge >= 0.3 is 47.8 Å². The number of esters is 8. The van der Waals surface area contributed by atoms with Crippen LogP contribution in [0.25, 0.3) is 0 Å². The largest absolute Gasteiger partial charge is 0.465 e. The molecule has 0 aromatic carbocycles. The number of pyridine rings is 2. The minimum atomic E-state index is -2.86. The summed E-state index contributed by atoms with van der Waals surface area (Å²) in [7, 11) is 0. The van der Waals surface area contributed by atoms with E-state index < -0.39 is 132 Å². The molecule has 2 aliphatic carbocycles. The summed E-state index contributed by atoms with van der Waals surface area (Å²) < 4.78 is 55.3. The molecule has 2 aromatic rings. The number of aryl methyl sites for hydroxylation is 1. The van der Waals surface area contributed by atoms with Gasteiger partial charge in [0.2, 0.25) is 0 Å². The molecule has 0 radical (unpaired) electrons. The van der Waals surface area contributed by atoms with Crippen molar-refractivity contribution in [1.29, 1.82) is 0 Å². The number of rotatable bonds is 8. The molecule has 1 N–H and O–H groups in total. The normalized spacial score (nSPS) is 35.0. The fourth-order valence-corrected chi connectivity index (χ4v) is 9.65. The van der Waals surface area contributed by atoms with E-state index in [4.69, 9.17) is 42.6 Å². The molecule has 6 rings (SSSR count). The van der Waals surface area contributed by atoms with E-state index in [-0.39, 0.29) is 29.7 Å². The monoisotopic (exact) mass is 868 g/mol. The van der Waals surface area contributed by atoms with Crippen molar-refractivity contribution in [2.24, 2.45) is 17.3 Å². The highest BCUT2D eigenvalue weighted by molar-refractivity contribution is 5.91. The number of carbonyl (C=O) groups excluding carboxylic acids is 8. The van der Waals surface area contributed by atoms with Crippen molar-refractivity contribution in [2.75, 3.05) is 13.2 Å². The Balaban J connectivity index is 1.79. The maximum absolute atomic E-state index is 14.4. The SMILES string of the molecule is CC(=O)OC[C@]12[C@H](OC(C)=O)[C@H](OC(C)=O)[C@@H]3[C@@H](OC(C)=O)[C@@]14O[C@@]3(C)COC(=O)c1cccnc1CCC(C)C(=O)O[C@@H]([C@H](OC(C)=O)[C@@H]2OC(=O)c1cccnc1)[C@]4(C)O. The summed E-state index contributed by atoms with van der Waals surface area (Å²) in [6, 6.07) is 5.67. The first kappa shape index (κ1) is 45.5. The predicted molar refractivity (Wildman–Crippen MR) is 203 cm³/mol. The number of aliphatic hydroxyl groups is 1. The van der Waals surface area contributed by atoms with Crippen LogP contribution in [0.2, 0.25) is 0 Å². The molecule has 2 aromatic heterocycles. The highest BCUT2D eigenvalue weighted by Gasteiger charge is 2.92. The molecule has 334 valence electrons. The van der Waals surface area contributed by atoms with E-state index in [9.17, 15) is 43.5 Å². The highest BCUT2D eigenvalue weighted by Crippen LogP contribution is 2.70. The third-order valence-electron chi connectivity index (χ3n) is 12.0. The third-order valence-corrected chi connectivity index (χ3v) is 12.0. The minimum absolute atomic E-state index is 0.0174. The summed E-state index contributed by atoms with van der Waals surface area (Å²) in [4.78, 5) is 117. The van der Waals surface area contributed by atoms with E-state index in [1.54, 1.807) is 0 Å². The quantitative estimate of drug-likeness (QED) is 0.291. The van der Waals surface area contributed by atoms with Crippen LogP contribution in [0.5, 0.6) is 0 Å². The van der Waals surface area contributed by atoms with Crippen LogP contribution in [0.4, 0.5) is 0 Å². The van der Waals surface area contributed by atoms with E-state index in [0.717, 1.165) is 47.7 Å². The summed E-state index contributed by atoms with van der Waals surface area (Å²) in [6.45, 7) is 7.08. The van der Waals surface area contributed by atoms with E-state index in [1.807, 2.05) is 0 Å². The van der Waals surface area contributed by atoms with Gasteiger partial charge in [-0.25, -0.2) is 9.59 Å². The van der Waals surface area contributed by atoms with Crippen LogP contribution in [-0.2, 0) is 77.8 Å². The van der Waals surface area contributed by atoms with Gasteiger partial charge in [0.15, 0.2) is 30.0 Å². The predicted octanol–water partition coefficient (Wildman–Crippen LogP) is 1.55. The van der Waals surface area contributed by atoms with Gasteiger partial charge in [-0.3, -0.25) is 38.7 Å². The average molecular weight is 869 g/mol. The molecule has 3 fully saturated rings. The number of cyclic esters (lactones) is 1. The second kappa shape index (κ2) is 17.0. The van der Waals surface area contributed by atoms with Crippen molar-refractivity contribution >= 4 is 47.8 Å². The van der Waals surface area contributed by atoms with Crippen molar-refractivity contribution < 1.29 is 86.1 Å². The molecule has 20 nitrogen and oxygen atoms in total. The third kappa shape index (κ3) is 7.73. The molecule has 12 atom stereocenters. The molecular formula is C42H48N2O18. The Labute approximate surface area is 355 Å². The van der Waals surface area contributed by atoms with Gasteiger partial charge in [-0.1, -0.05) is 6.92 Å². The lowest BCUT2D eigenvalue weighted by Gasteiger charge is -2.67. The molecule has 2 saturated carbocycles. The molecule has 4 bridgehead atoms. The zero-order valence-corrected chi connectivity index (χ0v) is 35.3. The van der Waals surface area contributed by atoms with Crippen LogP contribution < -0.4 is 0 Å². The Bertz CT molecular complexity index is 2140. The van der Waals surface area contributed by atoms with Crippen molar-refractivity contribution in [1.82, 2.24) is 9.97 Å². The number of ether oxygens (including phenoxy) is 9. The zero-order valence-electron chi connectivity index (χ0n) is 35.3. The molecule has 1 saturated heterocycles. The molecule has 2 aliphatic heterocycles. The first-order valence-electron chi connectivity index (χ1n) is 19.8. The lowest BCUT2D eigenvalue weighted by molar-refractivity contribution is -0.385. The molecule has 20 heteroatoms. The maximum Gasteiger partial charge on any atom is 0.340 e. The topological polar surface area (TPSA) is 266 Å². The van der Waals surface area contributed by atoms with E-state index in [1.165, 1.54) is 50.5 Å². The summed E-state index contributed by atoms with van der Waals surface area (Å²) in [5.74, 6) is -10.8. The molecular weight excluding hydrogens is 820 g/mol. The van der Waals surface area contributed by atoms with Crippen LogP contribution in [0.15, 0.2) is 42.9 Å². The minimum Gasteiger partial charge on any atom is -0.465 e. The fraction of sp³-hybridized carbons (Fsp3) is 0.571. The Morgan fingerprint density at radius 2 is 1.42 bits per heavy atom. The van der Waals surface area contributed by atoms with Crippen molar-refractivity contribution in [2.45, 2.75) is 122 Å². The summed E-state index contributed by atoms with van der Waals surface area (Å²) in [5, 5.41) is 13.6. The Kier molecular flexibility index (Phi) is 12.5. The van der Waals surface area contributed by atoms with Gasteiger partial charge in [-0.05, 0) is 51.0 Å². The van der Waals surface area contributed by atoms with E-state index in [2.05, 4.69) is 9.97 Å². The lowest BCUT2D eigenvalue weighted by atomic mass is 9.45.